The van der Waals surface area contributed by atoms with E-state index in [0.29, 0.717) is 11.8 Å². The molecule has 1 aromatic rings. The van der Waals surface area contributed by atoms with Gasteiger partial charge in [-0.25, -0.2) is 0 Å². The summed E-state index contributed by atoms with van der Waals surface area (Å²) in [6, 6.07) is 3.93. The number of methoxy groups -OCH3 is 1. The van der Waals surface area contributed by atoms with Gasteiger partial charge < -0.3 is 4.74 Å². The summed E-state index contributed by atoms with van der Waals surface area (Å²) in [4.78, 5) is 20.2. The normalized spacial score (nSPS) is 8.64. The molecule has 0 saturated heterocycles. The third-order valence-corrected chi connectivity index (χ3v) is 1.54. The third-order valence-electron chi connectivity index (χ3n) is 1.54. The molecule has 0 fully saturated rings. The monoisotopic (exact) mass is 217 g/mol. The van der Waals surface area contributed by atoms with Gasteiger partial charge in [-0.15, -0.1) is 12.4 Å². The maximum absolute atomic E-state index is 10.4. The van der Waals surface area contributed by atoms with Crippen LogP contribution in [-0.4, -0.2) is 18.3 Å². The molecule has 0 aliphatic rings. The second-order valence-electron chi connectivity index (χ2n) is 2.31. The number of carbonyl (C=O) groups excluding carboxylic acids is 1. The predicted molar refractivity (Wildman–Crippen MR) is 52.3 cm³/mol. The topological polar surface area (TPSA) is 69.4 Å². The lowest BCUT2D eigenvalue weighted by Gasteiger charge is -2.00. The van der Waals surface area contributed by atoms with Gasteiger partial charge in [-0.1, -0.05) is 0 Å². The van der Waals surface area contributed by atoms with E-state index < -0.39 is 4.92 Å². The standard InChI is InChI=1S/C8H7NO4.ClH/c1-13-8-4-6(5-10)2-3-7(8)9(11)12;/h2-5H,1H3;1H. The van der Waals surface area contributed by atoms with Crippen molar-refractivity contribution in [1.29, 1.82) is 0 Å². The van der Waals surface area contributed by atoms with E-state index in [4.69, 9.17) is 4.74 Å². The van der Waals surface area contributed by atoms with Crippen LogP contribution in [-0.2, 0) is 0 Å². The molecule has 0 heterocycles. The van der Waals surface area contributed by atoms with Gasteiger partial charge in [-0.3, -0.25) is 14.9 Å². The second kappa shape index (κ2) is 5.18. The van der Waals surface area contributed by atoms with Crippen molar-refractivity contribution in [2.24, 2.45) is 0 Å². The van der Waals surface area contributed by atoms with E-state index in [1.54, 1.807) is 0 Å². The van der Waals surface area contributed by atoms with Crippen LogP contribution in [0.4, 0.5) is 5.69 Å². The van der Waals surface area contributed by atoms with Gasteiger partial charge in [-0.05, 0) is 12.1 Å². The molecule has 0 atom stereocenters. The summed E-state index contributed by atoms with van der Waals surface area (Å²) in [7, 11) is 1.32. The van der Waals surface area contributed by atoms with Crippen LogP contribution >= 0.6 is 12.4 Å². The van der Waals surface area contributed by atoms with E-state index in [2.05, 4.69) is 0 Å². The molecule has 0 aromatic heterocycles. The summed E-state index contributed by atoms with van der Waals surface area (Å²) in [6.45, 7) is 0. The quantitative estimate of drug-likeness (QED) is 0.440. The number of nitro groups is 1. The van der Waals surface area contributed by atoms with Crippen molar-refractivity contribution in [2.75, 3.05) is 7.11 Å². The zero-order valence-corrected chi connectivity index (χ0v) is 8.11. The minimum Gasteiger partial charge on any atom is -0.490 e. The summed E-state index contributed by atoms with van der Waals surface area (Å²) in [5.41, 5.74) is 0.204. The Kier molecular flexibility index (Phi) is 4.58. The Bertz CT molecular complexity index is 353. The Morgan fingerprint density at radius 2 is 2.14 bits per heavy atom. The predicted octanol–water partition coefficient (Wildman–Crippen LogP) is 1.84. The van der Waals surface area contributed by atoms with Crippen LogP contribution < -0.4 is 4.74 Å². The molecule has 0 aliphatic heterocycles. The van der Waals surface area contributed by atoms with Crippen molar-refractivity contribution in [2.45, 2.75) is 0 Å². The average Bonchev–Trinajstić information content (AvgIpc) is 2.16. The largest absolute Gasteiger partial charge is 0.490 e. The fraction of sp³-hybridized carbons (Fsp3) is 0.125. The molecule has 0 N–H and O–H groups in total. The highest BCUT2D eigenvalue weighted by Gasteiger charge is 2.13. The zero-order chi connectivity index (χ0) is 9.84. The average molecular weight is 218 g/mol. The van der Waals surface area contributed by atoms with Crippen LogP contribution in [0.15, 0.2) is 18.2 Å². The summed E-state index contributed by atoms with van der Waals surface area (Å²) >= 11 is 0. The van der Waals surface area contributed by atoms with Crippen LogP contribution in [0.1, 0.15) is 10.4 Å². The number of benzene rings is 1. The van der Waals surface area contributed by atoms with Crippen molar-refractivity contribution in [1.82, 2.24) is 0 Å². The molecular weight excluding hydrogens is 210 g/mol. The number of rotatable bonds is 3. The molecule has 1 rings (SSSR count). The van der Waals surface area contributed by atoms with Gasteiger partial charge in [0, 0.05) is 11.6 Å². The van der Waals surface area contributed by atoms with E-state index in [1.165, 1.54) is 25.3 Å². The van der Waals surface area contributed by atoms with Crippen LogP contribution in [0.2, 0.25) is 0 Å². The Balaban J connectivity index is 0.00000169. The van der Waals surface area contributed by atoms with Crippen molar-refractivity contribution in [3.05, 3.63) is 33.9 Å². The molecule has 0 radical (unpaired) electrons. The van der Waals surface area contributed by atoms with Crippen LogP contribution in [0.3, 0.4) is 0 Å². The van der Waals surface area contributed by atoms with E-state index in [9.17, 15) is 14.9 Å². The van der Waals surface area contributed by atoms with Crippen LogP contribution in [0.5, 0.6) is 5.75 Å². The molecule has 0 unspecified atom stereocenters. The van der Waals surface area contributed by atoms with Gasteiger partial charge >= 0.3 is 5.69 Å². The number of halogens is 1. The molecule has 1 aromatic carbocycles. The minimum absolute atomic E-state index is 0. The Morgan fingerprint density at radius 1 is 1.50 bits per heavy atom. The van der Waals surface area contributed by atoms with E-state index in [1.807, 2.05) is 0 Å². The van der Waals surface area contributed by atoms with E-state index >= 15 is 0 Å². The lowest BCUT2D eigenvalue weighted by atomic mass is 10.2. The number of carbonyl (C=O) groups is 1. The lowest BCUT2D eigenvalue weighted by molar-refractivity contribution is -0.385. The second-order valence-corrected chi connectivity index (χ2v) is 2.31. The lowest BCUT2D eigenvalue weighted by Crippen LogP contribution is -1.94. The molecule has 5 nitrogen and oxygen atoms in total. The molecule has 0 aliphatic carbocycles. The van der Waals surface area contributed by atoms with E-state index in [-0.39, 0.29) is 23.8 Å². The minimum atomic E-state index is -0.562. The maximum atomic E-state index is 10.4. The fourth-order valence-corrected chi connectivity index (χ4v) is 0.918. The van der Waals surface area contributed by atoms with Gasteiger partial charge in [0.15, 0.2) is 5.75 Å². The van der Waals surface area contributed by atoms with Crippen molar-refractivity contribution < 1.29 is 14.5 Å². The van der Waals surface area contributed by atoms with Crippen molar-refractivity contribution in [3.8, 4) is 5.75 Å². The molecule has 0 bridgehead atoms. The number of hydrogen-bond acceptors (Lipinski definition) is 4. The zero-order valence-electron chi connectivity index (χ0n) is 7.30. The Morgan fingerprint density at radius 3 is 2.57 bits per heavy atom. The summed E-state index contributed by atoms with van der Waals surface area (Å²) in [5.74, 6) is 0.0922. The number of hydrogen-bond donors (Lipinski definition) is 0. The fourth-order valence-electron chi connectivity index (χ4n) is 0.918. The van der Waals surface area contributed by atoms with Crippen molar-refractivity contribution >= 4 is 24.4 Å². The number of nitrogens with zero attached hydrogens (tertiary/aromatic N) is 1. The summed E-state index contributed by atoms with van der Waals surface area (Å²) in [5, 5.41) is 10.4. The molecule has 76 valence electrons. The molecule has 0 spiro atoms. The first-order valence-electron chi connectivity index (χ1n) is 3.46. The van der Waals surface area contributed by atoms with Crippen LogP contribution in [0, 0.1) is 10.1 Å². The molecule has 0 saturated carbocycles. The summed E-state index contributed by atoms with van der Waals surface area (Å²) < 4.78 is 4.75. The third kappa shape index (κ3) is 2.43. The summed E-state index contributed by atoms with van der Waals surface area (Å²) in [6.07, 6.45) is 0.603. The van der Waals surface area contributed by atoms with Gasteiger partial charge in [0.05, 0.1) is 12.0 Å². The van der Waals surface area contributed by atoms with Gasteiger partial charge in [0.2, 0.25) is 0 Å². The molecule has 14 heavy (non-hydrogen) atoms. The maximum Gasteiger partial charge on any atom is 0.310 e. The number of ether oxygens (including phenoxy) is 1. The van der Waals surface area contributed by atoms with Gasteiger partial charge in [0.25, 0.3) is 0 Å². The molecule has 0 amide bonds. The first-order valence-corrected chi connectivity index (χ1v) is 3.46. The molecule has 6 heteroatoms. The highest BCUT2D eigenvalue weighted by atomic mass is 35.5. The Labute approximate surface area is 86.2 Å². The van der Waals surface area contributed by atoms with E-state index in [0.717, 1.165) is 0 Å². The first kappa shape index (κ1) is 12.4. The number of aldehydes is 1. The molecular formula is C8H8ClNO4. The highest BCUT2D eigenvalue weighted by Crippen LogP contribution is 2.26. The van der Waals surface area contributed by atoms with Crippen LogP contribution in [0.25, 0.3) is 0 Å². The smallest absolute Gasteiger partial charge is 0.310 e. The van der Waals surface area contributed by atoms with Gasteiger partial charge in [0.1, 0.15) is 6.29 Å². The van der Waals surface area contributed by atoms with Crippen molar-refractivity contribution in [3.63, 3.8) is 0 Å². The highest BCUT2D eigenvalue weighted by molar-refractivity contribution is 5.85. The first-order chi connectivity index (χ1) is 6.19. The van der Waals surface area contributed by atoms with Gasteiger partial charge in [-0.2, -0.15) is 0 Å². The number of nitro benzene ring substituents is 1. The Hall–Kier alpha value is -1.62. The SMILES string of the molecule is COc1cc(C=O)ccc1[N+](=O)[O-].Cl.